The molecule has 0 saturated heterocycles. The van der Waals surface area contributed by atoms with Crippen molar-refractivity contribution in [3.05, 3.63) is 58.2 Å². The molecule has 0 bridgehead atoms. The van der Waals surface area contributed by atoms with Crippen LogP contribution in [0.3, 0.4) is 0 Å². The second-order valence-corrected chi connectivity index (χ2v) is 10.2. The smallest absolute Gasteiger partial charge is 0.322 e. The summed E-state index contributed by atoms with van der Waals surface area (Å²) in [5, 5.41) is 4.40. The molecular weight excluding hydrogens is 434 g/mol. The highest BCUT2D eigenvalue weighted by atomic mass is 32.1. The van der Waals surface area contributed by atoms with E-state index >= 15 is 0 Å². The predicted octanol–water partition coefficient (Wildman–Crippen LogP) is 6.18. The Hall–Kier alpha value is -2.93. The molecule has 5 rings (SSSR count). The fourth-order valence-electron chi connectivity index (χ4n) is 5.21. The van der Waals surface area contributed by atoms with E-state index in [0.717, 1.165) is 12.8 Å². The first-order valence-electron chi connectivity index (χ1n) is 11.6. The number of carbonyl (C=O) groups excluding carboxylic acids is 1. The maximum Gasteiger partial charge on any atom is 0.322 e. The minimum atomic E-state index is -0.117. The zero-order chi connectivity index (χ0) is 23.1. The van der Waals surface area contributed by atoms with Gasteiger partial charge in [0.1, 0.15) is 16.5 Å². The summed E-state index contributed by atoms with van der Waals surface area (Å²) in [6, 6.07) is 9.55. The van der Waals surface area contributed by atoms with E-state index in [1.165, 1.54) is 39.5 Å². The first kappa shape index (κ1) is 21.9. The third kappa shape index (κ3) is 3.78. The monoisotopic (exact) mass is 465 g/mol. The molecular formula is C26H31N3O3S. The normalized spacial score (nSPS) is 17.1. The summed E-state index contributed by atoms with van der Waals surface area (Å²) < 4.78 is 13.2. The number of hydrogen-bond acceptors (Lipinski definition) is 4. The number of nitrogens with zero attached hydrogens (tertiary/aromatic N) is 2. The van der Waals surface area contributed by atoms with Crippen molar-refractivity contribution < 1.29 is 14.3 Å². The van der Waals surface area contributed by atoms with E-state index in [2.05, 4.69) is 42.1 Å². The average molecular weight is 466 g/mol. The summed E-state index contributed by atoms with van der Waals surface area (Å²) >= 11 is 1.91. The van der Waals surface area contributed by atoms with Crippen LogP contribution in [0.15, 0.2) is 36.5 Å². The van der Waals surface area contributed by atoms with Gasteiger partial charge in [0.25, 0.3) is 0 Å². The fraction of sp³-hybridized carbons (Fsp3) is 0.423. The number of anilines is 1. The molecule has 33 heavy (non-hydrogen) atoms. The van der Waals surface area contributed by atoms with Gasteiger partial charge >= 0.3 is 6.03 Å². The number of benzene rings is 1. The Labute approximate surface area is 199 Å². The van der Waals surface area contributed by atoms with Crippen LogP contribution in [-0.4, -0.2) is 29.7 Å². The number of nitrogens with one attached hydrogen (secondary N) is 1. The van der Waals surface area contributed by atoms with E-state index in [-0.39, 0.29) is 18.0 Å². The largest absolute Gasteiger partial charge is 0.497 e. The first-order valence-corrected chi connectivity index (χ1v) is 12.4. The molecule has 1 atom stereocenters. The van der Waals surface area contributed by atoms with Crippen molar-refractivity contribution in [2.45, 2.75) is 52.1 Å². The van der Waals surface area contributed by atoms with Crippen molar-refractivity contribution in [2.75, 3.05) is 19.5 Å². The molecule has 3 heterocycles. The highest BCUT2D eigenvalue weighted by molar-refractivity contribution is 7.15. The number of hydrogen-bond donors (Lipinski definition) is 1. The first-order chi connectivity index (χ1) is 16.0. The summed E-state index contributed by atoms with van der Waals surface area (Å²) in [7, 11) is 3.22. The van der Waals surface area contributed by atoms with E-state index in [1.54, 1.807) is 20.3 Å². The molecule has 0 fully saturated rings. The van der Waals surface area contributed by atoms with Gasteiger partial charge in [-0.2, -0.15) is 0 Å². The van der Waals surface area contributed by atoms with Gasteiger partial charge in [0.05, 0.1) is 32.5 Å². The zero-order valence-electron chi connectivity index (χ0n) is 19.7. The quantitative estimate of drug-likeness (QED) is 0.501. The van der Waals surface area contributed by atoms with Gasteiger partial charge in [0, 0.05) is 28.4 Å². The summed E-state index contributed by atoms with van der Waals surface area (Å²) in [6.45, 7) is 4.98. The molecule has 3 aromatic rings. The van der Waals surface area contributed by atoms with E-state index in [4.69, 9.17) is 9.47 Å². The minimum Gasteiger partial charge on any atom is -0.497 e. The molecule has 0 radical (unpaired) electrons. The van der Waals surface area contributed by atoms with Crippen LogP contribution in [-0.2, 0) is 19.4 Å². The number of rotatable bonds is 4. The highest BCUT2D eigenvalue weighted by Gasteiger charge is 2.36. The van der Waals surface area contributed by atoms with Crippen molar-refractivity contribution in [3.63, 3.8) is 0 Å². The lowest BCUT2D eigenvalue weighted by atomic mass is 9.94. The van der Waals surface area contributed by atoms with Crippen molar-refractivity contribution in [1.29, 1.82) is 0 Å². The highest BCUT2D eigenvalue weighted by Crippen LogP contribution is 2.44. The third-order valence-electron chi connectivity index (χ3n) is 6.77. The molecule has 0 unspecified atom stereocenters. The zero-order valence-corrected chi connectivity index (χ0v) is 20.5. The molecule has 6 nitrogen and oxygen atoms in total. The van der Waals surface area contributed by atoms with E-state index < -0.39 is 0 Å². The number of urea groups is 1. The predicted molar refractivity (Wildman–Crippen MR) is 132 cm³/mol. The van der Waals surface area contributed by atoms with Gasteiger partial charge in [-0.3, -0.25) is 0 Å². The van der Waals surface area contributed by atoms with Crippen LogP contribution < -0.4 is 14.8 Å². The maximum atomic E-state index is 13.8. The summed E-state index contributed by atoms with van der Waals surface area (Å²) in [6.07, 6.45) is 6.87. The Morgan fingerprint density at radius 3 is 2.70 bits per heavy atom. The number of amides is 2. The van der Waals surface area contributed by atoms with Gasteiger partial charge in [-0.1, -0.05) is 13.8 Å². The topological polar surface area (TPSA) is 55.7 Å². The molecule has 0 spiro atoms. The molecule has 1 aromatic carbocycles. The van der Waals surface area contributed by atoms with Crippen molar-refractivity contribution in [1.82, 2.24) is 9.47 Å². The summed E-state index contributed by atoms with van der Waals surface area (Å²) in [5.74, 6) is 1.52. The number of aromatic nitrogens is 1. The van der Waals surface area contributed by atoms with Crippen LogP contribution in [0.4, 0.5) is 10.5 Å². The minimum absolute atomic E-state index is 0.0388. The van der Waals surface area contributed by atoms with Gasteiger partial charge in [0.15, 0.2) is 0 Å². The van der Waals surface area contributed by atoms with Crippen LogP contribution in [0, 0.1) is 5.92 Å². The molecule has 1 aliphatic carbocycles. The summed E-state index contributed by atoms with van der Waals surface area (Å²) in [5.41, 5.74) is 4.58. The molecule has 1 aliphatic heterocycles. The second kappa shape index (κ2) is 8.78. The average Bonchev–Trinajstić information content (AvgIpc) is 3.40. The molecule has 7 heteroatoms. The van der Waals surface area contributed by atoms with Crippen LogP contribution in [0.1, 0.15) is 54.4 Å². The van der Waals surface area contributed by atoms with E-state index in [1.807, 2.05) is 28.4 Å². The van der Waals surface area contributed by atoms with E-state index in [0.29, 0.717) is 23.7 Å². The molecule has 2 aromatic heterocycles. The van der Waals surface area contributed by atoms with Crippen LogP contribution >= 0.6 is 11.3 Å². The number of methoxy groups -OCH3 is 2. The van der Waals surface area contributed by atoms with Gasteiger partial charge in [-0.25, -0.2) is 4.79 Å². The van der Waals surface area contributed by atoms with Gasteiger partial charge < -0.3 is 24.3 Å². The van der Waals surface area contributed by atoms with Crippen LogP contribution in [0.2, 0.25) is 0 Å². The van der Waals surface area contributed by atoms with Gasteiger partial charge in [-0.05, 0) is 61.4 Å². The molecule has 1 N–H and O–H groups in total. The maximum absolute atomic E-state index is 13.8. The summed E-state index contributed by atoms with van der Waals surface area (Å²) in [4.78, 5) is 17.3. The Bertz CT molecular complexity index is 1180. The second-order valence-electron chi connectivity index (χ2n) is 9.11. The Kier molecular flexibility index (Phi) is 5.83. The molecule has 2 amide bonds. The van der Waals surface area contributed by atoms with Crippen LogP contribution in [0.25, 0.3) is 5.00 Å². The number of carbonyl (C=O) groups is 1. The van der Waals surface area contributed by atoms with Crippen molar-refractivity contribution in [2.24, 2.45) is 5.92 Å². The Balaban J connectivity index is 1.56. The lowest BCUT2D eigenvalue weighted by Crippen LogP contribution is -2.39. The molecule has 0 saturated carbocycles. The lowest BCUT2D eigenvalue weighted by Gasteiger charge is -2.33. The molecule has 2 aliphatic rings. The number of ether oxygens (including phenoxy) is 2. The number of aryl methyl sites for hydroxylation is 1. The number of fused-ring (bicyclic) bond motifs is 5. The standard InChI is InChI=1S/C26H31N3O3S/c1-16(2)24-21-9-7-13-28(21)25-19(18-8-5-6-10-23(18)33-25)15-29(24)26(30)27-20-12-11-17(31-3)14-22(20)32-4/h7,9,11-14,16,24H,5-6,8,10,15H2,1-4H3,(H,27,30)/t24-/m1/s1. The Morgan fingerprint density at radius 1 is 1.12 bits per heavy atom. The fourth-order valence-corrected chi connectivity index (χ4v) is 6.62. The third-order valence-corrected chi connectivity index (χ3v) is 8.10. The lowest BCUT2D eigenvalue weighted by molar-refractivity contribution is 0.161. The Morgan fingerprint density at radius 2 is 1.94 bits per heavy atom. The van der Waals surface area contributed by atoms with Gasteiger partial charge in [0.2, 0.25) is 0 Å². The van der Waals surface area contributed by atoms with Crippen molar-refractivity contribution >= 4 is 23.1 Å². The van der Waals surface area contributed by atoms with E-state index in [9.17, 15) is 4.79 Å². The number of thiophene rings is 1. The van der Waals surface area contributed by atoms with Crippen LogP contribution in [0.5, 0.6) is 11.5 Å². The molecule has 174 valence electrons. The SMILES string of the molecule is COc1ccc(NC(=O)N2Cc3c(sc4c3CCCC4)-n3cccc3[C@H]2C(C)C)c(OC)c1. The van der Waals surface area contributed by atoms with Gasteiger partial charge in [-0.15, -0.1) is 11.3 Å². The van der Waals surface area contributed by atoms with Crippen molar-refractivity contribution in [3.8, 4) is 16.5 Å².